The van der Waals surface area contributed by atoms with Gasteiger partial charge in [0.25, 0.3) is 0 Å². The Morgan fingerprint density at radius 3 is 2.92 bits per heavy atom. The summed E-state index contributed by atoms with van der Waals surface area (Å²) in [6, 6.07) is 0.689. The zero-order chi connectivity index (χ0) is 8.97. The fraction of sp³-hybridized carbons (Fsp3) is 0.800. The smallest absolute Gasteiger partial charge is 0.0195 e. The van der Waals surface area contributed by atoms with Crippen LogP contribution in [0.1, 0.15) is 26.7 Å². The van der Waals surface area contributed by atoms with E-state index in [2.05, 4.69) is 37.5 Å². The highest BCUT2D eigenvalue weighted by molar-refractivity contribution is 7.80. The number of nitrogens with zero attached hydrogens (tertiary/aromatic N) is 1. The average molecular weight is 185 g/mol. The van der Waals surface area contributed by atoms with Gasteiger partial charge in [0.1, 0.15) is 0 Å². The Bertz CT molecular complexity index is 163. The topological polar surface area (TPSA) is 3.24 Å². The third kappa shape index (κ3) is 2.83. The van der Waals surface area contributed by atoms with Crippen LogP contribution in [0.4, 0.5) is 0 Å². The Hall–Kier alpha value is 0.0500. The van der Waals surface area contributed by atoms with Crippen LogP contribution < -0.4 is 0 Å². The summed E-state index contributed by atoms with van der Waals surface area (Å²) in [7, 11) is 0. The summed E-state index contributed by atoms with van der Waals surface area (Å²) in [6.07, 6.45) is 4.77. The molecule has 12 heavy (non-hydrogen) atoms. The molecule has 0 unspecified atom stereocenters. The van der Waals surface area contributed by atoms with E-state index in [-0.39, 0.29) is 0 Å². The van der Waals surface area contributed by atoms with Gasteiger partial charge < -0.3 is 0 Å². The summed E-state index contributed by atoms with van der Waals surface area (Å²) in [5.74, 6) is 0.984. The van der Waals surface area contributed by atoms with E-state index in [0.717, 1.165) is 18.7 Å². The van der Waals surface area contributed by atoms with Gasteiger partial charge in [0.05, 0.1) is 0 Å². The Balaban J connectivity index is 2.42. The van der Waals surface area contributed by atoms with Crippen molar-refractivity contribution >= 4 is 12.6 Å². The minimum atomic E-state index is 0.689. The van der Waals surface area contributed by atoms with Crippen LogP contribution in [-0.2, 0) is 0 Å². The molecule has 0 aromatic rings. The van der Waals surface area contributed by atoms with Crippen molar-refractivity contribution in [1.29, 1.82) is 0 Å². The highest BCUT2D eigenvalue weighted by atomic mass is 32.1. The third-order valence-electron chi connectivity index (χ3n) is 2.42. The zero-order valence-corrected chi connectivity index (χ0v) is 8.98. The number of hydrogen-bond acceptors (Lipinski definition) is 2. The largest absolute Gasteiger partial charge is 0.297 e. The molecule has 0 aliphatic carbocycles. The van der Waals surface area contributed by atoms with Crippen molar-refractivity contribution in [2.24, 2.45) is 0 Å². The highest BCUT2D eigenvalue weighted by Crippen LogP contribution is 2.15. The van der Waals surface area contributed by atoms with Gasteiger partial charge in [0.2, 0.25) is 0 Å². The molecule has 2 heteroatoms. The van der Waals surface area contributed by atoms with E-state index in [0.29, 0.717) is 6.04 Å². The SMILES string of the molecule is CC(C)N1CCC=C(CCS)C1. The molecule has 1 aliphatic rings. The van der Waals surface area contributed by atoms with Crippen molar-refractivity contribution in [3.05, 3.63) is 11.6 Å². The normalized spacial score (nSPS) is 19.8. The fourth-order valence-corrected chi connectivity index (χ4v) is 1.89. The number of rotatable bonds is 3. The molecule has 0 spiro atoms. The first kappa shape index (κ1) is 10.1. The first-order chi connectivity index (χ1) is 5.74. The molecule has 1 aliphatic heterocycles. The van der Waals surface area contributed by atoms with Gasteiger partial charge in [-0.1, -0.05) is 11.6 Å². The van der Waals surface area contributed by atoms with Gasteiger partial charge in [-0.3, -0.25) is 4.90 Å². The minimum absolute atomic E-state index is 0.689. The van der Waals surface area contributed by atoms with Gasteiger partial charge in [0.15, 0.2) is 0 Å². The van der Waals surface area contributed by atoms with Gasteiger partial charge in [-0.25, -0.2) is 0 Å². The quantitative estimate of drug-likeness (QED) is 0.522. The van der Waals surface area contributed by atoms with E-state index in [4.69, 9.17) is 0 Å². The van der Waals surface area contributed by atoms with Crippen LogP contribution in [0.15, 0.2) is 11.6 Å². The van der Waals surface area contributed by atoms with Crippen LogP contribution in [0.5, 0.6) is 0 Å². The monoisotopic (exact) mass is 185 g/mol. The molecule has 0 aromatic carbocycles. The molecule has 0 saturated heterocycles. The molecule has 0 N–H and O–H groups in total. The van der Waals surface area contributed by atoms with Gasteiger partial charge >= 0.3 is 0 Å². The van der Waals surface area contributed by atoms with E-state index < -0.39 is 0 Å². The molecular weight excluding hydrogens is 166 g/mol. The lowest BCUT2D eigenvalue weighted by atomic mass is 10.1. The lowest BCUT2D eigenvalue weighted by molar-refractivity contribution is 0.234. The second-order valence-corrected chi connectivity index (χ2v) is 4.14. The Kier molecular flexibility index (Phi) is 4.16. The zero-order valence-electron chi connectivity index (χ0n) is 8.08. The first-order valence-electron chi connectivity index (χ1n) is 4.77. The molecule has 0 atom stereocenters. The van der Waals surface area contributed by atoms with E-state index >= 15 is 0 Å². The van der Waals surface area contributed by atoms with E-state index in [1.807, 2.05) is 0 Å². The molecule has 1 heterocycles. The van der Waals surface area contributed by atoms with Crippen molar-refractivity contribution in [1.82, 2.24) is 4.90 Å². The van der Waals surface area contributed by atoms with Crippen LogP contribution in [-0.4, -0.2) is 29.8 Å². The van der Waals surface area contributed by atoms with Crippen molar-refractivity contribution in [3.8, 4) is 0 Å². The van der Waals surface area contributed by atoms with Gasteiger partial charge in [-0.15, -0.1) is 0 Å². The van der Waals surface area contributed by atoms with Crippen LogP contribution in [0, 0.1) is 0 Å². The molecule has 0 amide bonds. The predicted molar refractivity (Wildman–Crippen MR) is 57.9 cm³/mol. The highest BCUT2D eigenvalue weighted by Gasteiger charge is 2.13. The van der Waals surface area contributed by atoms with Crippen LogP contribution in [0.3, 0.4) is 0 Å². The van der Waals surface area contributed by atoms with Crippen molar-refractivity contribution in [2.45, 2.75) is 32.7 Å². The number of thiol groups is 1. The first-order valence-corrected chi connectivity index (χ1v) is 5.40. The van der Waals surface area contributed by atoms with Gasteiger partial charge in [0, 0.05) is 19.1 Å². The van der Waals surface area contributed by atoms with Crippen molar-refractivity contribution < 1.29 is 0 Å². The molecule has 0 saturated carbocycles. The molecule has 70 valence electrons. The lowest BCUT2D eigenvalue weighted by Gasteiger charge is -2.30. The molecule has 0 fully saturated rings. The molecule has 0 bridgehead atoms. The van der Waals surface area contributed by atoms with Gasteiger partial charge in [-0.05, 0) is 32.4 Å². The minimum Gasteiger partial charge on any atom is -0.297 e. The Labute approximate surface area is 81.2 Å². The van der Waals surface area contributed by atoms with Crippen LogP contribution in [0.2, 0.25) is 0 Å². The van der Waals surface area contributed by atoms with E-state index in [9.17, 15) is 0 Å². The van der Waals surface area contributed by atoms with E-state index in [1.54, 1.807) is 5.57 Å². The predicted octanol–water partition coefficient (Wildman–Crippen LogP) is 2.35. The summed E-state index contributed by atoms with van der Waals surface area (Å²) in [5, 5.41) is 0. The van der Waals surface area contributed by atoms with Crippen LogP contribution in [0.25, 0.3) is 0 Å². The maximum absolute atomic E-state index is 4.25. The molecule has 1 nitrogen and oxygen atoms in total. The summed E-state index contributed by atoms with van der Waals surface area (Å²) in [4.78, 5) is 2.53. The standard InChI is InChI=1S/C10H19NS/c1-9(2)11-6-3-4-10(8-11)5-7-12/h4,9,12H,3,5-8H2,1-2H3. The third-order valence-corrected chi connectivity index (χ3v) is 2.64. The van der Waals surface area contributed by atoms with Gasteiger partial charge in [-0.2, -0.15) is 12.6 Å². The summed E-state index contributed by atoms with van der Waals surface area (Å²) in [5.41, 5.74) is 1.57. The average Bonchev–Trinajstić information content (AvgIpc) is 2.05. The molecule has 1 rings (SSSR count). The molecular formula is C10H19NS. The van der Waals surface area contributed by atoms with E-state index in [1.165, 1.54) is 13.0 Å². The summed E-state index contributed by atoms with van der Waals surface area (Å²) >= 11 is 4.25. The van der Waals surface area contributed by atoms with Crippen molar-refractivity contribution in [2.75, 3.05) is 18.8 Å². The van der Waals surface area contributed by atoms with Crippen molar-refractivity contribution in [3.63, 3.8) is 0 Å². The van der Waals surface area contributed by atoms with Crippen LogP contribution >= 0.6 is 12.6 Å². The fourth-order valence-electron chi connectivity index (χ4n) is 1.60. The second-order valence-electron chi connectivity index (χ2n) is 3.69. The Morgan fingerprint density at radius 1 is 1.58 bits per heavy atom. The Morgan fingerprint density at radius 2 is 2.33 bits per heavy atom. The maximum Gasteiger partial charge on any atom is 0.0195 e. The second kappa shape index (κ2) is 4.93. The number of hydrogen-bond donors (Lipinski definition) is 1. The molecule has 0 aromatic heterocycles. The summed E-state index contributed by atoms with van der Waals surface area (Å²) in [6.45, 7) is 6.93. The maximum atomic E-state index is 4.25. The molecule has 0 radical (unpaired) electrons. The summed E-state index contributed by atoms with van der Waals surface area (Å²) < 4.78 is 0. The lowest BCUT2D eigenvalue weighted by Crippen LogP contribution is -2.35.